The molecule has 0 bridgehead atoms. The van der Waals surface area contributed by atoms with E-state index in [2.05, 4.69) is 4.40 Å². The molecular formula is C21H23N3O3S. The van der Waals surface area contributed by atoms with E-state index in [0.29, 0.717) is 43.9 Å². The number of amidine groups is 1. The minimum absolute atomic E-state index is 0.0428. The Morgan fingerprint density at radius 3 is 2.43 bits per heavy atom. The summed E-state index contributed by atoms with van der Waals surface area (Å²) in [6, 6.07) is 16.9. The van der Waals surface area contributed by atoms with Crippen LogP contribution in [0, 0.1) is 5.92 Å². The van der Waals surface area contributed by atoms with Gasteiger partial charge in [-0.1, -0.05) is 42.5 Å². The van der Waals surface area contributed by atoms with E-state index in [-0.39, 0.29) is 16.7 Å². The fraction of sp³-hybridized carbons (Fsp3) is 0.333. The molecule has 0 radical (unpaired) electrons. The highest BCUT2D eigenvalue weighted by Crippen LogP contribution is 2.30. The smallest absolute Gasteiger partial charge is 0.285 e. The molecule has 2 heterocycles. The van der Waals surface area contributed by atoms with Gasteiger partial charge >= 0.3 is 0 Å². The van der Waals surface area contributed by atoms with Gasteiger partial charge in [0, 0.05) is 38.2 Å². The number of fused-ring (bicyclic) bond motifs is 1. The van der Waals surface area contributed by atoms with Crippen LogP contribution in [0.2, 0.25) is 0 Å². The van der Waals surface area contributed by atoms with Gasteiger partial charge in [0.2, 0.25) is 5.91 Å². The number of carbonyl (C=O) groups is 1. The Labute approximate surface area is 165 Å². The molecule has 28 heavy (non-hydrogen) atoms. The number of amides is 1. The Hall–Kier alpha value is -2.67. The van der Waals surface area contributed by atoms with Gasteiger partial charge in [-0.15, -0.1) is 4.40 Å². The predicted molar refractivity (Wildman–Crippen MR) is 107 cm³/mol. The van der Waals surface area contributed by atoms with E-state index in [1.165, 1.54) is 0 Å². The Balaban J connectivity index is 1.41. The number of likely N-dealkylation sites (tertiary alicyclic amines) is 1. The van der Waals surface area contributed by atoms with Crippen LogP contribution in [0.3, 0.4) is 0 Å². The second-order valence-electron chi connectivity index (χ2n) is 7.33. The van der Waals surface area contributed by atoms with Gasteiger partial charge in [-0.3, -0.25) is 4.79 Å². The summed E-state index contributed by atoms with van der Waals surface area (Å²) in [5.74, 6) is 0.614. The summed E-state index contributed by atoms with van der Waals surface area (Å²) < 4.78 is 28.5. The summed E-state index contributed by atoms with van der Waals surface area (Å²) in [7, 11) is -1.77. The van der Waals surface area contributed by atoms with Crippen LogP contribution in [0.25, 0.3) is 0 Å². The van der Waals surface area contributed by atoms with Crippen molar-refractivity contribution in [1.29, 1.82) is 0 Å². The number of carbonyl (C=O) groups excluding carboxylic acids is 1. The van der Waals surface area contributed by atoms with Gasteiger partial charge in [-0.2, -0.15) is 8.42 Å². The van der Waals surface area contributed by atoms with E-state index in [4.69, 9.17) is 0 Å². The van der Waals surface area contributed by atoms with Crippen LogP contribution in [0.4, 0.5) is 0 Å². The minimum atomic E-state index is -3.61. The van der Waals surface area contributed by atoms with Gasteiger partial charge < -0.3 is 9.80 Å². The second kappa shape index (κ2) is 7.39. The van der Waals surface area contributed by atoms with Crippen molar-refractivity contribution in [3.05, 3.63) is 65.7 Å². The van der Waals surface area contributed by atoms with Gasteiger partial charge in [0.05, 0.1) is 0 Å². The number of sulfonamides is 1. The van der Waals surface area contributed by atoms with E-state index in [1.807, 2.05) is 48.3 Å². The fourth-order valence-corrected chi connectivity index (χ4v) is 5.13. The van der Waals surface area contributed by atoms with Crippen molar-refractivity contribution >= 4 is 21.8 Å². The number of hydrogen-bond acceptors (Lipinski definition) is 4. The molecule has 146 valence electrons. The minimum Gasteiger partial charge on any atom is -0.355 e. The maximum atomic E-state index is 12.8. The molecule has 0 saturated carbocycles. The third-order valence-electron chi connectivity index (χ3n) is 5.40. The molecule has 4 rings (SSSR count). The first-order valence-corrected chi connectivity index (χ1v) is 10.9. The van der Waals surface area contributed by atoms with Gasteiger partial charge in [0.15, 0.2) is 5.84 Å². The van der Waals surface area contributed by atoms with Crippen molar-refractivity contribution in [2.75, 3.05) is 20.1 Å². The molecule has 2 aliphatic rings. The molecule has 0 aliphatic carbocycles. The molecule has 0 N–H and O–H groups in total. The molecule has 2 aromatic rings. The first-order valence-electron chi connectivity index (χ1n) is 9.44. The Morgan fingerprint density at radius 1 is 1.07 bits per heavy atom. The molecule has 1 fully saturated rings. The lowest BCUT2D eigenvalue weighted by Gasteiger charge is -2.34. The van der Waals surface area contributed by atoms with Crippen LogP contribution in [0.5, 0.6) is 0 Å². The first kappa shape index (κ1) is 18.7. The molecule has 0 atom stereocenters. The van der Waals surface area contributed by atoms with Crippen LogP contribution in [-0.4, -0.2) is 50.1 Å². The molecule has 6 nitrogen and oxygen atoms in total. The van der Waals surface area contributed by atoms with Crippen LogP contribution < -0.4 is 0 Å². The van der Waals surface area contributed by atoms with Crippen LogP contribution in [0.15, 0.2) is 63.9 Å². The standard InChI is InChI=1S/C21H23N3O3S/c1-23(15-16-7-3-2-4-8-16)21(25)17-11-13-24(14-12-17)20-18-9-5-6-10-19(18)28(26,27)22-20/h2-10,17H,11-15H2,1H3. The summed E-state index contributed by atoms with van der Waals surface area (Å²) >= 11 is 0. The average molecular weight is 398 g/mol. The van der Waals surface area contributed by atoms with Gasteiger partial charge in [0.1, 0.15) is 4.90 Å². The molecule has 0 aromatic heterocycles. The van der Waals surface area contributed by atoms with Crippen molar-refractivity contribution in [3.8, 4) is 0 Å². The van der Waals surface area contributed by atoms with Gasteiger partial charge in [-0.05, 0) is 30.5 Å². The fourth-order valence-electron chi connectivity index (χ4n) is 3.90. The highest BCUT2D eigenvalue weighted by Gasteiger charge is 2.34. The maximum Gasteiger partial charge on any atom is 0.285 e. The third-order valence-corrected chi connectivity index (χ3v) is 6.72. The molecule has 2 aliphatic heterocycles. The topological polar surface area (TPSA) is 70.1 Å². The van der Waals surface area contributed by atoms with Crippen molar-refractivity contribution in [1.82, 2.24) is 9.80 Å². The lowest BCUT2D eigenvalue weighted by atomic mass is 9.94. The largest absolute Gasteiger partial charge is 0.355 e. The quantitative estimate of drug-likeness (QED) is 0.798. The van der Waals surface area contributed by atoms with E-state index in [0.717, 1.165) is 5.56 Å². The molecule has 1 saturated heterocycles. The van der Waals surface area contributed by atoms with Gasteiger partial charge in [0.25, 0.3) is 10.0 Å². The van der Waals surface area contributed by atoms with E-state index >= 15 is 0 Å². The molecule has 2 aromatic carbocycles. The first-order chi connectivity index (χ1) is 13.5. The van der Waals surface area contributed by atoms with E-state index in [1.54, 1.807) is 23.1 Å². The maximum absolute atomic E-state index is 12.8. The van der Waals surface area contributed by atoms with Crippen LogP contribution in [0.1, 0.15) is 24.0 Å². The molecule has 1 amide bonds. The third kappa shape index (κ3) is 3.54. The van der Waals surface area contributed by atoms with Crippen LogP contribution in [-0.2, 0) is 21.4 Å². The van der Waals surface area contributed by atoms with Crippen molar-refractivity contribution in [3.63, 3.8) is 0 Å². The van der Waals surface area contributed by atoms with Gasteiger partial charge in [-0.25, -0.2) is 0 Å². The zero-order chi connectivity index (χ0) is 19.7. The summed E-state index contributed by atoms with van der Waals surface area (Å²) in [6.45, 7) is 1.84. The normalized spacial score (nSPS) is 18.5. The number of piperidine rings is 1. The van der Waals surface area contributed by atoms with E-state index < -0.39 is 10.0 Å². The van der Waals surface area contributed by atoms with E-state index in [9.17, 15) is 13.2 Å². The summed E-state index contributed by atoms with van der Waals surface area (Å²) in [5.41, 5.74) is 1.77. The molecule has 0 spiro atoms. The Bertz CT molecular complexity index is 1010. The SMILES string of the molecule is CN(Cc1ccccc1)C(=O)C1CCN(C2=NS(=O)(=O)c3ccccc32)CC1. The number of rotatable bonds is 3. The predicted octanol–water partition coefficient (Wildman–Crippen LogP) is 2.51. The number of nitrogens with zero attached hydrogens (tertiary/aromatic N) is 3. The molecule has 7 heteroatoms. The summed E-state index contributed by atoms with van der Waals surface area (Å²) in [6.07, 6.45) is 1.39. The van der Waals surface area contributed by atoms with Crippen LogP contribution >= 0.6 is 0 Å². The summed E-state index contributed by atoms with van der Waals surface area (Å²) in [5, 5.41) is 0. The second-order valence-corrected chi connectivity index (χ2v) is 8.90. The number of benzene rings is 2. The van der Waals surface area contributed by atoms with Crippen molar-refractivity contribution < 1.29 is 13.2 Å². The molecule has 0 unspecified atom stereocenters. The zero-order valence-corrected chi connectivity index (χ0v) is 16.6. The summed E-state index contributed by atoms with van der Waals surface area (Å²) in [4.78, 5) is 16.9. The monoisotopic (exact) mass is 397 g/mol. The average Bonchev–Trinajstić information content (AvgIpc) is 3.00. The lowest BCUT2D eigenvalue weighted by Crippen LogP contribution is -2.43. The Kier molecular flexibility index (Phi) is 4.93. The Morgan fingerprint density at radius 2 is 1.71 bits per heavy atom. The number of hydrogen-bond donors (Lipinski definition) is 0. The highest BCUT2D eigenvalue weighted by atomic mass is 32.2. The lowest BCUT2D eigenvalue weighted by molar-refractivity contribution is -0.136. The zero-order valence-electron chi connectivity index (χ0n) is 15.8. The van der Waals surface area contributed by atoms with Crippen molar-refractivity contribution in [2.45, 2.75) is 24.3 Å². The highest BCUT2D eigenvalue weighted by molar-refractivity contribution is 7.90. The molecular weight excluding hydrogens is 374 g/mol. The van der Waals surface area contributed by atoms with Crippen molar-refractivity contribution in [2.24, 2.45) is 10.3 Å².